The number of carbonyl (C=O) groups is 16. The van der Waals surface area contributed by atoms with Crippen LogP contribution in [-0.4, -0.2) is 343 Å². The molecule has 0 aromatic carbocycles. The van der Waals surface area contributed by atoms with E-state index in [-0.39, 0.29) is 230 Å². The molecule has 46 heteroatoms. The summed E-state index contributed by atoms with van der Waals surface area (Å²) in [6, 6.07) is 0. The first-order valence-electron chi connectivity index (χ1n) is 36.9. The maximum atomic E-state index is 14.1. The molecule has 0 aromatic rings. The molecule has 2 saturated carbocycles. The first kappa shape index (κ1) is 118. The minimum Gasteiger partial charge on any atom is -0.488 e. The predicted molar refractivity (Wildman–Crippen MR) is 463 cm³/mol. The van der Waals surface area contributed by atoms with Crippen LogP contribution in [0.25, 0.3) is 0 Å². The molecule has 0 saturated heterocycles. The molecule has 120 heavy (non-hydrogen) atoms. The van der Waals surface area contributed by atoms with Crippen LogP contribution in [0.15, 0.2) is 0 Å². The molecule has 2 fully saturated rings. The molecule has 0 bridgehead atoms. The Kier molecular flexibility index (Phi) is 70.2. The molecule has 32 nitrogen and oxygen atoms in total. The van der Waals surface area contributed by atoms with E-state index in [9.17, 15) is 76.7 Å². The van der Waals surface area contributed by atoms with Crippen molar-refractivity contribution in [2.45, 2.75) is 63.0 Å². The summed E-state index contributed by atoms with van der Waals surface area (Å²) in [5.41, 5.74) is -4.40. The zero-order chi connectivity index (χ0) is 87.4. The molecule has 2 aliphatic carbocycles. The molecular weight excluding hydrogens is 1960 g/mol. The molecule has 1 atom stereocenters. The van der Waals surface area contributed by atoms with Gasteiger partial charge in [0.25, 0.3) is 0 Å². The molecule has 0 amide bonds. The fraction of sp³-hybridized carbons (Fsp3) is 0.757. The Morgan fingerprint density at radius 3 is 0.667 bits per heavy atom. The second-order valence-corrected chi connectivity index (χ2v) is 38.2. The van der Waals surface area contributed by atoms with Gasteiger partial charge in [0.05, 0.1) is 102 Å². The van der Waals surface area contributed by atoms with Gasteiger partial charge in [-0.05, 0) is 131 Å². The topological polar surface area (TPSA) is 421 Å². The predicted octanol–water partition coefficient (Wildman–Crippen LogP) is 6.88. The first-order valence-corrected chi connectivity index (χ1v) is 52.8. The van der Waals surface area contributed by atoms with Gasteiger partial charge in [0.15, 0.2) is 11.9 Å². The van der Waals surface area contributed by atoms with Crippen molar-refractivity contribution < 1.29 is 218 Å². The van der Waals surface area contributed by atoms with E-state index in [1.807, 2.05) is 0 Å². The largest absolute Gasteiger partial charge is 0.488 e. The van der Waals surface area contributed by atoms with E-state index in [0.717, 1.165) is 35.3 Å². The number of carbonyl (C=O) groups excluding carboxylic acids is 16. The first-order chi connectivity index (χ1) is 56.5. The Morgan fingerprint density at radius 2 is 0.450 bits per heavy atom. The third kappa shape index (κ3) is 56.8. The summed E-state index contributed by atoms with van der Waals surface area (Å²) in [5.74, 6) is -11.5. The van der Waals surface area contributed by atoms with Gasteiger partial charge in [-0.15, -0.1) is 23.3 Å². The van der Waals surface area contributed by atoms with Crippen LogP contribution in [0.5, 0.6) is 0 Å². The van der Waals surface area contributed by atoms with Gasteiger partial charge in [0, 0.05) is 65.4 Å². The van der Waals surface area contributed by atoms with Gasteiger partial charge >= 0.3 is 83.6 Å². The molecular formula is C74H112O32S12Y2-2. The van der Waals surface area contributed by atoms with Gasteiger partial charge in [0.2, 0.25) is 0 Å². The Balaban J connectivity index is 0.0000708. The quantitative estimate of drug-likeness (QED) is 0.0259. The van der Waals surface area contributed by atoms with E-state index >= 15 is 0 Å². The van der Waals surface area contributed by atoms with Gasteiger partial charge in [-0.1, -0.05) is 0 Å². The van der Waals surface area contributed by atoms with Crippen molar-refractivity contribution in [1.82, 2.24) is 0 Å². The summed E-state index contributed by atoms with van der Waals surface area (Å²) < 4.78 is 88.5. The van der Waals surface area contributed by atoms with Crippen LogP contribution in [0.1, 0.15) is 57.8 Å². The van der Waals surface area contributed by atoms with Crippen molar-refractivity contribution in [3.8, 4) is 0 Å². The number of hydrogen-bond donors (Lipinski definition) is 0. The second-order valence-electron chi connectivity index (χ2n) is 27.1. The molecule has 2 aliphatic rings. The molecule has 0 aliphatic heterocycles. The van der Waals surface area contributed by atoms with E-state index < -0.39 is 169 Å². The number of rotatable bonds is 66. The minimum absolute atomic E-state index is 0. The van der Waals surface area contributed by atoms with Crippen LogP contribution in [0.4, 0.5) is 0 Å². The van der Waals surface area contributed by atoms with Crippen LogP contribution in [0.2, 0.25) is 0 Å². The molecule has 0 spiro atoms. The number of hydrogen-bond acceptors (Lipinski definition) is 44. The van der Waals surface area contributed by atoms with Crippen molar-refractivity contribution in [2.24, 2.45) is 39.9 Å². The molecule has 1 unspecified atom stereocenters. The summed E-state index contributed by atoms with van der Waals surface area (Å²) in [6.07, 6.45) is 22.2. The van der Waals surface area contributed by atoms with Crippen molar-refractivity contribution in [1.29, 1.82) is 0 Å². The standard InChI is InChI=1S/C74H112O32S12.2Y/c1-107-27-59(78)95-39-72(40-96-60(79)28-108-2,41-97-61(80)29-109-3)48-104-68(87)36-116-20-18-56(75)91-23-51-10-12-53(13-11-51)25-93-58(77)22-55(118-38-70(89)106-50-74(45-101-65(84)33-113-7,46-102-66(85)34-114-8)47-103-67(86)35-115-9)71(90)94-26-54-16-14-52(15-17-54)24-92-57(76)19-21-117-37-69(88)105-49-73(42-98-62(81)30-110-4,43-99-63(82)31-111-5)44-100-64(83)32-112-6;;/h18-19,51-55H,10-17,20-50H2,1-9H3;;/q-2;;. The molecule has 0 heterocycles. The van der Waals surface area contributed by atoms with E-state index in [2.05, 4.69) is 0 Å². The Bertz CT molecular complexity index is 2930. The van der Waals surface area contributed by atoms with Gasteiger partial charge in [-0.2, -0.15) is 129 Å². The Morgan fingerprint density at radius 1 is 0.258 bits per heavy atom. The van der Waals surface area contributed by atoms with Gasteiger partial charge in [-0.3, -0.25) is 89.6 Å². The number of esters is 16. The smallest absolute Gasteiger partial charge is 0.319 e. The van der Waals surface area contributed by atoms with Gasteiger partial charge in [-0.25, -0.2) is 0 Å². The van der Waals surface area contributed by atoms with Crippen molar-refractivity contribution in [3.05, 3.63) is 12.8 Å². The monoisotopic (exact) mass is 2070 g/mol. The SMILES string of the molecule is CSCC(=O)OCC(COC(=O)CSC)(COC(=O)CSC)COC(=O)CSC[CH-]C(=O)OCC1CCC(COC(=O)CC(SCC(=O)OCC(COC(=O)CSC)(COC(=O)CSC)COC(=O)CSC)C(=O)OCC2CCC(COC(=O)[CH-]CSCC(=O)OCC(COC(=O)CSC)(COC(=O)CSC)COC(=O)CSC)CC2)CC1.[Y].[Y]. The van der Waals surface area contributed by atoms with Gasteiger partial charge in [0.1, 0.15) is 101 Å². The van der Waals surface area contributed by atoms with Crippen molar-refractivity contribution >= 4 is 237 Å². The fourth-order valence-electron chi connectivity index (χ4n) is 10.4. The third-order valence-corrected chi connectivity index (χ3v) is 24.4. The molecule has 2 radical (unpaired) electrons. The normalized spacial score (nSPS) is 15.2. The van der Waals surface area contributed by atoms with Gasteiger partial charge < -0.3 is 75.8 Å². The van der Waals surface area contributed by atoms with Crippen LogP contribution < -0.4 is 0 Å². The summed E-state index contributed by atoms with van der Waals surface area (Å²) in [7, 11) is 0. The molecule has 680 valence electrons. The van der Waals surface area contributed by atoms with Crippen LogP contribution in [0, 0.1) is 52.8 Å². The average molecular weight is 2080 g/mol. The van der Waals surface area contributed by atoms with Crippen molar-refractivity contribution in [2.75, 3.05) is 243 Å². The molecule has 0 aromatic heterocycles. The minimum atomic E-state index is -1.56. The van der Waals surface area contributed by atoms with Crippen LogP contribution in [-0.2, 0) is 218 Å². The number of thioether (sulfide) groups is 12. The van der Waals surface area contributed by atoms with E-state index in [0.29, 0.717) is 51.4 Å². The summed E-state index contributed by atoms with van der Waals surface area (Å²) in [5, 5.41) is -1.28. The average Bonchev–Trinajstić information content (AvgIpc) is 0.860. The van der Waals surface area contributed by atoms with Crippen molar-refractivity contribution in [3.63, 3.8) is 0 Å². The van der Waals surface area contributed by atoms with Crippen LogP contribution >= 0.6 is 141 Å². The van der Waals surface area contributed by atoms with E-state index in [4.69, 9.17) is 75.8 Å². The summed E-state index contributed by atoms with van der Waals surface area (Å²) >= 11 is 13.8. The second kappa shape index (κ2) is 71.6. The maximum Gasteiger partial charge on any atom is 0.319 e. The molecule has 2 rings (SSSR count). The maximum absolute atomic E-state index is 14.1. The number of ether oxygens (including phenoxy) is 16. The Hall–Kier alpha value is -2.33. The molecule has 0 N–H and O–H groups in total. The van der Waals surface area contributed by atoms with E-state index in [1.54, 1.807) is 56.3 Å². The zero-order valence-corrected chi connectivity index (χ0v) is 84.7. The summed E-state index contributed by atoms with van der Waals surface area (Å²) in [4.78, 5) is 205. The van der Waals surface area contributed by atoms with E-state index in [1.165, 1.54) is 119 Å². The third-order valence-electron chi connectivity index (χ3n) is 16.8. The Labute approximate surface area is 804 Å². The summed E-state index contributed by atoms with van der Waals surface area (Å²) in [6.45, 7) is -5.05. The fourth-order valence-corrected chi connectivity index (χ4v) is 15.4. The van der Waals surface area contributed by atoms with Crippen LogP contribution in [0.3, 0.4) is 0 Å². The zero-order valence-electron chi connectivity index (χ0n) is 69.2.